The number of hydrogen-bond acceptors (Lipinski definition) is 4. The van der Waals surface area contributed by atoms with E-state index in [1.54, 1.807) is 0 Å². The van der Waals surface area contributed by atoms with Gasteiger partial charge in [0.1, 0.15) is 0 Å². The standard InChI is InChI=1S/C11H9Br2NO4/c12-8-4(2-6(15)10(17)9(8)13)1-5-3-7(16)14-11(5)18/h2,5,15,17H,1,3H2,(H,14,16,18)/t5-/m0/s1. The SMILES string of the molecule is O=C1C[C@H](Cc2cc(O)c(O)c(Br)c2Br)C(=O)N1. The van der Waals surface area contributed by atoms with E-state index >= 15 is 0 Å². The molecule has 1 aromatic carbocycles. The third-order valence-corrected chi connectivity index (χ3v) is 4.98. The van der Waals surface area contributed by atoms with E-state index in [1.165, 1.54) is 6.07 Å². The molecule has 7 heteroatoms. The van der Waals surface area contributed by atoms with E-state index in [2.05, 4.69) is 37.2 Å². The van der Waals surface area contributed by atoms with Gasteiger partial charge >= 0.3 is 0 Å². The van der Waals surface area contributed by atoms with Crippen molar-refractivity contribution in [1.29, 1.82) is 0 Å². The largest absolute Gasteiger partial charge is 0.504 e. The molecule has 0 aliphatic carbocycles. The fourth-order valence-electron chi connectivity index (χ4n) is 1.84. The van der Waals surface area contributed by atoms with E-state index in [0.717, 1.165) is 0 Å². The molecule has 1 aliphatic heterocycles. The van der Waals surface area contributed by atoms with Gasteiger partial charge in [0, 0.05) is 10.9 Å². The normalized spacial score (nSPS) is 19.1. The van der Waals surface area contributed by atoms with Crippen molar-refractivity contribution in [3.63, 3.8) is 0 Å². The molecule has 2 amide bonds. The van der Waals surface area contributed by atoms with E-state index in [1.807, 2.05) is 0 Å². The van der Waals surface area contributed by atoms with Crippen molar-refractivity contribution in [2.75, 3.05) is 0 Å². The number of rotatable bonds is 2. The number of amides is 2. The lowest BCUT2D eigenvalue weighted by atomic mass is 9.97. The predicted octanol–water partition coefficient (Wildman–Crippen LogP) is 1.83. The number of halogens is 2. The van der Waals surface area contributed by atoms with Gasteiger partial charge in [-0.3, -0.25) is 14.9 Å². The quantitative estimate of drug-likeness (QED) is 0.541. The number of aromatic hydroxyl groups is 2. The minimum absolute atomic E-state index is 0.143. The fraction of sp³-hybridized carbons (Fsp3) is 0.273. The van der Waals surface area contributed by atoms with Crippen molar-refractivity contribution >= 4 is 43.7 Å². The van der Waals surface area contributed by atoms with Crippen molar-refractivity contribution in [1.82, 2.24) is 5.32 Å². The average molecular weight is 379 g/mol. The highest BCUT2D eigenvalue weighted by Gasteiger charge is 2.31. The summed E-state index contributed by atoms with van der Waals surface area (Å²) in [7, 11) is 0. The highest BCUT2D eigenvalue weighted by molar-refractivity contribution is 9.13. The van der Waals surface area contributed by atoms with Gasteiger partial charge in [-0.05, 0) is 49.9 Å². The summed E-state index contributed by atoms with van der Waals surface area (Å²) in [4.78, 5) is 22.6. The van der Waals surface area contributed by atoms with E-state index in [9.17, 15) is 19.8 Å². The maximum Gasteiger partial charge on any atom is 0.230 e. The first-order chi connectivity index (χ1) is 8.40. The Kier molecular flexibility index (Phi) is 3.63. The Morgan fingerprint density at radius 1 is 1.28 bits per heavy atom. The van der Waals surface area contributed by atoms with Gasteiger partial charge in [0.05, 0.1) is 10.4 Å². The van der Waals surface area contributed by atoms with Gasteiger partial charge in [0.15, 0.2) is 11.5 Å². The molecule has 1 saturated heterocycles. The minimum atomic E-state index is -0.440. The third-order valence-electron chi connectivity index (χ3n) is 2.77. The fourth-order valence-corrected chi connectivity index (χ4v) is 2.76. The number of imide groups is 1. The average Bonchev–Trinajstić information content (AvgIpc) is 2.62. The molecule has 3 N–H and O–H groups in total. The van der Waals surface area contributed by atoms with Gasteiger partial charge in [-0.25, -0.2) is 0 Å². The van der Waals surface area contributed by atoms with Gasteiger partial charge in [0.2, 0.25) is 11.8 Å². The Morgan fingerprint density at radius 2 is 1.94 bits per heavy atom. The first kappa shape index (κ1) is 13.4. The minimum Gasteiger partial charge on any atom is -0.504 e. The van der Waals surface area contributed by atoms with Crippen molar-refractivity contribution in [2.24, 2.45) is 5.92 Å². The Hall–Kier alpha value is -1.08. The maximum atomic E-state index is 11.5. The number of phenolic OH excluding ortho intramolecular Hbond substituents is 2. The van der Waals surface area contributed by atoms with Crippen LogP contribution in [-0.4, -0.2) is 22.0 Å². The van der Waals surface area contributed by atoms with Crippen LogP contribution in [-0.2, 0) is 16.0 Å². The van der Waals surface area contributed by atoms with Gasteiger partial charge in [0.25, 0.3) is 0 Å². The van der Waals surface area contributed by atoms with Gasteiger partial charge < -0.3 is 10.2 Å². The number of carbonyl (C=O) groups excluding carboxylic acids is 2. The molecule has 0 saturated carbocycles. The van der Waals surface area contributed by atoms with Crippen LogP contribution in [0.15, 0.2) is 15.0 Å². The Morgan fingerprint density at radius 3 is 2.50 bits per heavy atom. The summed E-state index contributed by atoms with van der Waals surface area (Å²) in [6.45, 7) is 0. The molecule has 1 heterocycles. The molecule has 96 valence electrons. The second-order valence-corrected chi connectivity index (χ2v) is 5.63. The van der Waals surface area contributed by atoms with E-state index in [-0.39, 0.29) is 29.7 Å². The van der Waals surface area contributed by atoms with Crippen LogP contribution in [0.1, 0.15) is 12.0 Å². The highest BCUT2D eigenvalue weighted by atomic mass is 79.9. The first-order valence-electron chi connectivity index (χ1n) is 5.12. The molecule has 0 unspecified atom stereocenters. The van der Waals surface area contributed by atoms with E-state index < -0.39 is 5.92 Å². The monoisotopic (exact) mass is 377 g/mol. The van der Waals surface area contributed by atoms with Crippen molar-refractivity contribution in [3.05, 3.63) is 20.6 Å². The lowest BCUT2D eigenvalue weighted by molar-refractivity contribution is -0.125. The van der Waals surface area contributed by atoms with Crippen molar-refractivity contribution in [3.8, 4) is 11.5 Å². The Balaban J connectivity index is 2.30. The Bertz CT molecular complexity index is 544. The topological polar surface area (TPSA) is 86.6 Å². The molecule has 1 aromatic rings. The summed E-state index contributed by atoms with van der Waals surface area (Å²) in [5.41, 5.74) is 0.645. The van der Waals surface area contributed by atoms with Crippen LogP contribution in [0.4, 0.5) is 0 Å². The summed E-state index contributed by atoms with van der Waals surface area (Å²) in [6.07, 6.45) is 0.453. The smallest absolute Gasteiger partial charge is 0.230 e. The van der Waals surface area contributed by atoms with E-state index in [0.29, 0.717) is 20.9 Å². The molecule has 0 radical (unpaired) electrons. The molecule has 0 bridgehead atoms. The molecule has 1 aliphatic rings. The molecular formula is C11H9Br2NO4. The van der Waals surface area contributed by atoms with Crippen LogP contribution < -0.4 is 5.32 Å². The summed E-state index contributed by atoms with van der Waals surface area (Å²) >= 11 is 6.41. The molecule has 2 rings (SSSR count). The highest BCUT2D eigenvalue weighted by Crippen LogP contribution is 2.42. The predicted molar refractivity (Wildman–Crippen MR) is 70.1 cm³/mol. The van der Waals surface area contributed by atoms with Crippen molar-refractivity contribution in [2.45, 2.75) is 12.8 Å². The summed E-state index contributed by atoms with van der Waals surface area (Å²) in [5.74, 6) is -1.58. The lowest BCUT2D eigenvalue weighted by Crippen LogP contribution is -2.22. The summed E-state index contributed by atoms with van der Waals surface area (Å²) in [5, 5.41) is 21.3. The zero-order chi connectivity index (χ0) is 13.4. The summed E-state index contributed by atoms with van der Waals surface area (Å²) in [6, 6.07) is 1.38. The number of nitrogens with one attached hydrogen (secondary N) is 1. The van der Waals surface area contributed by atoms with Gasteiger partial charge in [-0.15, -0.1) is 0 Å². The number of carbonyl (C=O) groups is 2. The zero-order valence-corrected chi connectivity index (χ0v) is 12.2. The third kappa shape index (κ3) is 2.37. The Labute approximate surface area is 119 Å². The van der Waals surface area contributed by atoms with Gasteiger partial charge in [-0.1, -0.05) is 0 Å². The molecule has 0 aromatic heterocycles. The second kappa shape index (κ2) is 4.89. The summed E-state index contributed by atoms with van der Waals surface area (Å²) < 4.78 is 0.882. The number of phenols is 2. The maximum absolute atomic E-state index is 11.5. The van der Waals surface area contributed by atoms with Crippen LogP contribution in [0.25, 0.3) is 0 Å². The molecule has 0 spiro atoms. The van der Waals surface area contributed by atoms with Crippen LogP contribution in [0.2, 0.25) is 0 Å². The van der Waals surface area contributed by atoms with Gasteiger partial charge in [-0.2, -0.15) is 0 Å². The van der Waals surface area contributed by atoms with Crippen LogP contribution in [0, 0.1) is 5.92 Å². The first-order valence-corrected chi connectivity index (χ1v) is 6.71. The number of hydrogen-bond donors (Lipinski definition) is 3. The molecule has 1 atom stereocenters. The molecule has 1 fully saturated rings. The second-order valence-electron chi connectivity index (χ2n) is 4.05. The lowest BCUT2D eigenvalue weighted by Gasteiger charge is -2.11. The van der Waals surface area contributed by atoms with E-state index in [4.69, 9.17) is 0 Å². The molecular weight excluding hydrogens is 370 g/mol. The molecule has 5 nitrogen and oxygen atoms in total. The van der Waals surface area contributed by atoms with Crippen molar-refractivity contribution < 1.29 is 19.8 Å². The van der Waals surface area contributed by atoms with Crippen LogP contribution >= 0.6 is 31.9 Å². The zero-order valence-electron chi connectivity index (χ0n) is 9.04. The number of benzene rings is 1. The van der Waals surface area contributed by atoms with Crippen LogP contribution in [0.5, 0.6) is 11.5 Å². The van der Waals surface area contributed by atoms with Crippen LogP contribution in [0.3, 0.4) is 0 Å². The molecule has 18 heavy (non-hydrogen) atoms.